The number of urea groups is 1. The van der Waals surface area contributed by atoms with Gasteiger partial charge in [0.05, 0.1) is 0 Å². The van der Waals surface area contributed by atoms with E-state index in [4.69, 9.17) is 0 Å². The topological polar surface area (TPSA) is 23.6 Å². The van der Waals surface area contributed by atoms with E-state index in [1.54, 1.807) is 0 Å². The van der Waals surface area contributed by atoms with Crippen molar-refractivity contribution in [2.45, 2.75) is 45.4 Å². The summed E-state index contributed by atoms with van der Waals surface area (Å²) in [5, 5.41) is 0. The van der Waals surface area contributed by atoms with Crippen molar-refractivity contribution in [2.75, 3.05) is 24.5 Å². The van der Waals surface area contributed by atoms with Crippen LogP contribution < -0.4 is 4.90 Å². The maximum atomic E-state index is 12.9. The molecule has 0 bridgehead atoms. The van der Waals surface area contributed by atoms with Crippen molar-refractivity contribution in [1.29, 1.82) is 0 Å². The summed E-state index contributed by atoms with van der Waals surface area (Å²) in [7, 11) is 0. The van der Waals surface area contributed by atoms with Gasteiger partial charge in [0.1, 0.15) is 0 Å². The van der Waals surface area contributed by atoms with Crippen LogP contribution in [0.5, 0.6) is 0 Å². The van der Waals surface area contributed by atoms with E-state index in [0.29, 0.717) is 0 Å². The number of benzene rings is 1. The van der Waals surface area contributed by atoms with Gasteiger partial charge in [0.15, 0.2) is 0 Å². The Morgan fingerprint density at radius 1 is 1.14 bits per heavy atom. The van der Waals surface area contributed by atoms with Crippen molar-refractivity contribution in [2.24, 2.45) is 5.92 Å². The fourth-order valence-corrected chi connectivity index (χ4v) is 3.59. The molecular formula is C18H26N2O. The van der Waals surface area contributed by atoms with Crippen LogP contribution in [0.15, 0.2) is 24.3 Å². The van der Waals surface area contributed by atoms with E-state index in [1.807, 2.05) is 11.0 Å². The van der Waals surface area contributed by atoms with Gasteiger partial charge in [-0.05, 0) is 49.7 Å². The molecule has 1 saturated heterocycles. The summed E-state index contributed by atoms with van der Waals surface area (Å²) in [6.45, 7) is 4.97. The highest BCUT2D eigenvalue weighted by molar-refractivity contribution is 5.93. The number of anilines is 1. The molecule has 0 aliphatic carbocycles. The highest BCUT2D eigenvalue weighted by Gasteiger charge is 2.28. The third-order valence-electron chi connectivity index (χ3n) is 5.05. The smallest absolute Gasteiger partial charge is 0.324 e. The largest absolute Gasteiger partial charge is 0.324 e. The average Bonchev–Trinajstić information content (AvgIpc) is 2.77. The van der Waals surface area contributed by atoms with E-state index >= 15 is 0 Å². The number of hydrogen-bond donors (Lipinski definition) is 0. The van der Waals surface area contributed by atoms with Crippen LogP contribution in [0.4, 0.5) is 10.5 Å². The SMILES string of the molecule is CCC1CCN(C(=O)N2CCCCc3ccccc32)CC1. The summed E-state index contributed by atoms with van der Waals surface area (Å²) in [5.41, 5.74) is 2.46. The van der Waals surface area contributed by atoms with Gasteiger partial charge in [-0.25, -0.2) is 4.79 Å². The minimum Gasteiger partial charge on any atom is -0.324 e. The van der Waals surface area contributed by atoms with Gasteiger partial charge in [-0.1, -0.05) is 31.5 Å². The van der Waals surface area contributed by atoms with Crippen molar-refractivity contribution in [3.8, 4) is 0 Å². The van der Waals surface area contributed by atoms with Crippen molar-refractivity contribution in [3.05, 3.63) is 29.8 Å². The summed E-state index contributed by atoms with van der Waals surface area (Å²) >= 11 is 0. The highest BCUT2D eigenvalue weighted by atomic mass is 16.2. The fourth-order valence-electron chi connectivity index (χ4n) is 3.59. The summed E-state index contributed by atoms with van der Waals surface area (Å²) in [5.74, 6) is 0.811. The number of aryl methyl sites for hydroxylation is 1. The van der Waals surface area contributed by atoms with E-state index in [0.717, 1.165) is 56.9 Å². The molecule has 3 nitrogen and oxygen atoms in total. The Morgan fingerprint density at radius 3 is 2.67 bits per heavy atom. The Bertz CT molecular complexity index is 492. The molecule has 0 atom stereocenters. The van der Waals surface area contributed by atoms with Crippen LogP contribution in [0.3, 0.4) is 0 Å². The number of para-hydroxylation sites is 1. The highest BCUT2D eigenvalue weighted by Crippen LogP contribution is 2.28. The standard InChI is InChI=1S/C18H26N2O/c1-2-15-10-13-19(14-11-15)18(21)20-12-6-5-8-16-7-3-4-9-17(16)20/h3-4,7,9,15H,2,5-6,8,10-14H2,1H3. The lowest BCUT2D eigenvalue weighted by molar-refractivity contribution is 0.175. The maximum absolute atomic E-state index is 12.9. The minimum absolute atomic E-state index is 0.221. The molecule has 0 radical (unpaired) electrons. The van der Waals surface area contributed by atoms with E-state index in [9.17, 15) is 4.79 Å². The molecule has 3 heteroatoms. The van der Waals surface area contributed by atoms with Crippen LogP contribution in [-0.4, -0.2) is 30.6 Å². The molecule has 0 unspecified atom stereocenters. The number of carbonyl (C=O) groups is 1. The lowest BCUT2D eigenvalue weighted by Gasteiger charge is -2.35. The van der Waals surface area contributed by atoms with Crippen LogP contribution in [0.2, 0.25) is 0 Å². The van der Waals surface area contributed by atoms with Gasteiger partial charge >= 0.3 is 6.03 Å². The number of fused-ring (bicyclic) bond motifs is 1. The molecule has 0 spiro atoms. The first-order chi connectivity index (χ1) is 10.3. The molecule has 1 aromatic rings. The number of likely N-dealkylation sites (tertiary alicyclic amines) is 1. The monoisotopic (exact) mass is 286 g/mol. The Labute approximate surface area is 127 Å². The second kappa shape index (κ2) is 6.50. The number of amides is 2. The summed E-state index contributed by atoms with van der Waals surface area (Å²) in [4.78, 5) is 17.0. The van der Waals surface area contributed by atoms with Crippen LogP contribution >= 0.6 is 0 Å². The zero-order valence-corrected chi connectivity index (χ0v) is 13.1. The molecule has 3 rings (SSSR count). The van der Waals surface area contributed by atoms with Crippen molar-refractivity contribution < 1.29 is 4.79 Å². The van der Waals surface area contributed by atoms with Gasteiger partial charge in [0.25, 0.3) is 0 Å². The van der Waals surface area contributed by atoms with E-state index in [1.165, 1.54) is 18.4 Å². The van der Waals surface area contributed by atoms with Gasteiger partial charge in [-0.3, -0.25) is 4.90 Å². The van der Waals surface area contributed by atoms with Gasteiger partial charge in [-0.2, -0.15) is 0 Å². The lowest BCUT2D eigenvalue weighted by Crippen LogP contribution is -2.47. The molecule has 114 valence electrons. The van der Waals surface area contributed by atoms with Crippen LogP contribution in [0, 0.1) is 5.92 Å². The van der Waals surface area contributed by atoms with Gasteiger partial charge in [-0.15, -0.1) is 0 Å². The quantitative estimate of drug-likeness (QED) is 0.763. The van der Waals surface area contributed by atoms with E-state index in [-0.39, 0.29) is 6.03 Å². The Balaban J connectivity index is 1.75. The van der Waals surface area contributed by atoms with Crippen LogP contribution in [0.25, 0.3) is 0 Å². The van der Waals surface area contributed by atoms with Crippen LogP contribution in [-0.2, 0) is 6.42 Å². The van der Waals surface area contributed by atoms with E-state index in [2.05, 4.69) is 30.0 Å². The number of piperidine rings is 1. The third-order valence-corrected chi connectivity index (χ3v) is 5.05. The zero-order valence-electron chi connectivity index (χ0n) is 13.1. The molecule has 1 fully saturated rings. The summed E-state index contributed by atoms with van der Waals surface area (Å²) in [6, 6.07) is 8.63. The third kappa shape index (κ3) is 3.07. The maximum Gasteiger partial charge on any atom is 0.324 e. The Hall–Kier alpha value is -1.51. The summed E-state index contributed by atoms with van der Waals surface area (Å²) in [6.07, 6.45) is 6.95. The number of hydrogen-bond acceptors (Lipinski definition) is 1. The average molecular weight is 286 g/mol. The fraction of sp³-hybridized carbons (Fsp3) is 0.611. The predicted octanol–water partition coefficient (Wildman–Crippen LogP) is 4.07. The number of nitrogens with zero attached hydrogens (tertiary/aromatic N) is 2. The molecular weight excluding hydrogens is 260 g/mol. The van der Waals surface area contributed by atoms with Crippen molar-refractivity contribution >= 4 is 11.7 Å². The first-order valence-electron chi connectivity index (χ1n) is 8.44. The molecule has 2 aliphatic rings. The normalized spacial score (nSPS) is 20.0. The second-order valence-electron chi connectivity index (χ2n) is 6.36. The van der Waals surface area contributed by atoms with E-state index < -0.39 is 0 Å². The number of rotatable bonds is 1. The number of carbonyl (C=O) groups excluding carboxylic acids is 1. The lowest BCUT2D eigenvalue weighted by atomic mass is 9.95. The Kier molecular flexibility index (Phi) is 4.47. The second-order valence-corrected chi connectivity index (χ2v) is 6.36. The van der Waals surface area contributed by atoms with Gasteiger partial charge in [0, 0.05) is 25.3 Å². The molecule has 2 aliphatic heterocycles. The molecule has 2 heterocycles. The molecule has 0 aromatic heterocycles. The van der Waals surface area contributed by atoms with Gasteiger partial charge in [0.2, 0.25) is 0 Å². The first kappa shape index (κ1) is 14.4. The zero-order chi connectivity index (χ0) is 14.7. The minimum atomic E-state index is 0.221. The molecule has 0 saturated carbocycles. The molecule has 2 amide bonds. The Morgan fingerprint density at radius 2 is 1.90 bits per heavy atom. The first-order valence-corrected chi connectivity index (χ1v) is 8.44. The molecule has 21 heavy (non-hydrogen) atoms. The predicted molar refractivity (Wildman–Crippen MR) is 86.7 cm³/mol. The summed E-state index contributed by atoms with van der Waals surface area (Å²) < 4.78 is 0. The molecule has 0 N–H and O–H groups in total. The molecule has 1 aromatic carbocycles. The van der Waals surface area contributed by atoms with Crippen molar-refractivity contribution in [3.63, 3.8) is 0 Å². The van der Waals surface area contributed by atoms with Crippen LogP contribution in [0.1, 0.15) is 44.6 Å². The van der Waals surface area contributed by atoms with Crippen molar-refractivity contribution in [1.82, 2.24) is 4.90 Å². The van der Waals surface area contributed by atoms with Gasteiger partial charge < -0.3 is 4.90 Å².